The average molecular weight is 278 g/mol. The molecule has 0 spiro atoms. The summed E-state index contributed by atoms with van der Waals surface area (Å²) in [5.74, 6) is -1.01. The predicted octanol–water partition coefficient (Wildman–Crippen LogP) is 1.80. The van der Waals surface area contributed by atoms with Crippen LogP contribution in [0.15, 0.2) is 6.20 Å². The smallest absolute Gasteiger partial charge is 0.358 e. The van der Waals surface area contributed by atoms with Crippen LogP contribution >= 0.6 is 0 Å². The van der Waals surface area contributed by atoms with Crippen LogP contribution in [0.5, 0.6) is 0 Å². The van der Waals surface area contributed by atoms with E-state index in [0.717, 1.165) is 13.1 Å². The third-order valence-electron chi connectivity index (χ3n) is 4.82. The lowest BCUT2D eigenvalue weighted by molar-refractivity contribution is 0.0176. The second kappa shape index (κ2) is 4.84. The van der Waals surface area contributed by atoms with Crippen LogP contribution in [0.2, 0.25) is 0 Å². The van der Waals surface area contributed by atoms with Crippen LogP contribution in [0, 0.1) is 5.41 Å². The van der Waals surface area contributed by atoms with E-state index in [1.807, 2.05) is 0 Å². The highest BCUT2D eigenvalue weighted by Gasteiger charge is 2.37. The number of aromatic nitrogens is 3. The molecule has 110 valence electrons. The quantitative estimate of drug-likeness (QED) is 0.913. The Kier molecular flexibility index (Phi) is 3.28. The van der Waals surface area contributed by atoms with Gasteiger partial charge in [0, 0.05) is 19.1 Å². The number of hydrogen-bond donors (Lipinski definition) is 1. The summed E-state index contributed by atoms with van der Waals surface area (Å²) < 4.78 is 1.70. The van der Waals surface area contributed by atoms with E-state index in [1.54, 1.807) is 4.68 Å². The Bertz CT molecular complexity index is 495. The number of rotatable bonds is 3. The molecule has 20 heavy (non-hydrogen) atoms. The predicted molar refractivity (Wildman–Crippen MR) is 73.6 cm³/mol. The summed E-state index contributed by atoms with van der Waals surface area (Å²) in [7, 11) is 0. The van der Waals surface area contributed by atoms with Gasteiger partial charge in [0.05, 0.1) is 12.2 Å². The van der Waals surface area contributed by atoms with Crippen LogP contribution in [-0.2, 0) is 0 Å². The van der Waals surface area contributed by atoms with E-state index in [4.69, 9.17) is 5.11 Å². The van der Waals surface area contributed by atoms with Gasteiger partial charge in [-0.3, -0.25) is 4.90 Å². The van der Waals surface area contributed by atoms with E-state index in [-0.39, 0.29) is 11.7 Å². The molecule has 0 unspecified atom stereocenters. The number of aromatic carboxylic acids is 1. The average Bonchev–Trinajstić information content (AvgIpc) is 2.79. The molecule has 1 saturated carbocycles. The van der Waals surface area contributed by atoms with Crippen LogP contribution in [0.3, 0.4) is 0 Å². The van der Waals surface area contributed by atoms with Gasteiger partial charge >= 0.3 is 5.97 Å². The van der Waals surface area contributed by atoms with E-state index >= 15 is 0 Å². The molecule has 0 bridgehead atoms. The number of hydrogen-bond acceptors (Lipinski definition) is 4. The van der Waals surface area contributed by atoms with Crippen LogP contribution in [-0.4, -0.2) is 50.1 Å². The highest BCUT2D eigenvalue weighted by molar-refractivity contribution is 5.84. The molecule has 1 aromatic heterocycles. The first-order valence-electron chi connectivity index (χ1n) is 7.34. The third kappa shape index (κ3) is 2.57. The summed E-state index contributed by atoms with van der Waals surface area (Å²) in [6.45, 7) is 6.64. The fourth-order valence-electron chi connectivity index (χ4n) is 3.26. The summed E-state index contributed by atoms with van der Waals surface area (Å²) >= 11 is 0. The topological polar surface area (TPSA) is 71.2 Å². The maximum absolute atomic E-state index is 10.8. The van der Waals surface area contributed by atoms with E-state index in [9.17, 15) is 4.79 Å². The molecule has 6 heteroatoms. The first kappa shape index (κ1) is 13.5. The van der Waals surface area contributed by atoms with Gasteiger partial charge in [0.1, 0.15) is 0 Å². The van der Waals surface area contributed by atoms with E-state index in [1.165, 1.54) is 31.9 Å². The van der Waals surface area contributed by atoms with Crippen molar-refractivity contribution in [2.24, 2.45) is 5.41 Å². The fourth-order valence-corrected chi connectivity index (χ4v) is 3.26. The lowest BCUT2D eigenvalue weighted by atomic mass is 9.74. The second-order valence-corrected chi connectivity index (χ2v) is 6.89. The van der Waals surface area contributed by atoms with Gasteiger partial charge in [0.25, 0.3) is 0 Å². The Morgan fingerprint density at radius 1 is 1.30 bits per heavy atom. The Balaban J connectivity index is 1.52. The van der Waals surface area contributed by atoms with E-state index in [0.29, 0.717) is 11.5 Å². The Labute approximate surface area is 118 Å². The molecular weight excluding hydrogens is 256 g/mol. The molecule has 0 atom stereocenters. The van der Waals surface area contributed by atoms with Crippen molar-refractivity contribution in [1.82, 2.24) is 19.9 Å². The molecule has 1 aliphatic carbocycles. The van der Waals surface area contributed by atoms with Crippen LogP contribution < -0.4 is 0 Å². The molecule has 1 N–H and O–H groups in total. The molecule has 2 aliphatic rings. The van der Waals surface area contributed by atoms with Crippen molar-refractivity contribution in [3.8, 4) is 0 Å². The molecule has 0 radical (unpaired) electrons. The van der Waals surface area contributed by atoms with Gasteiger partial charge in [-0.05, 0) is 31.1 Å². The number of carbonyl (C=O) groups is 1. The monoisotopic (exact) mass is 278 g/mol. The van der Waals surface area contributed by atoms with Gasteiger partial charge in [-0.2, -0.15) is 0 Å². The molecule has 1 aromatic rings. The molecule has 3 rings (SSSR count). The summed E-state index contributed by atoms with van der Waals surface area (Å²) in [6, 6.07) is 0.979. The van der Waals surface area contributed by atoms with Crippen molar-refractivity contribution in [2.45, 2.75) is 51.6 Å². The lowest BCUT2D eigenvalue weighted by Gasteiger charge is -2.47. The zero-order valence-electron chi connectivity index (χ0n) is 12.1. The van der Waals surface area contributed by atoms with Crippen molar-refractivity contribution >= 4 is 5.97 Å². The van der Waals surface area contributed by atoms with Crippen LogP contribution in [0.4, 0.5) is 0 Å². The molecular formula is C14H22N4O2. The molecule has 2 heterocycles. The first-order valence-corrected chi connectivity index (χ1v) is 7.34. The van der Waals surface area contributed by atoms with Crippen molar-refractivity contribution < 1.29 is 9.90 Å². The molecule has 1 saturated heterocycles. The SMILES string of the molecule is CC1(C)CCC(N2CC(n3cc(C(=O)O)nn3)C2)CC1. The summed E-state index contributed by atoms with van der Waals surface area (Å²) in [6.07, 6.45) is 6.68. The third-order valence-corrected chi connectivity index (χ3v) is 4.82. The first-order chi connectivity index (χ1) is 9.44. The maximum atomic E-state index is 10.8. The van der Waals surface area contributed by atoms with Crippen molar-refractivity contribution in [3.05, 3.63) is 11.9 Å². The van der Waals surface area contributed by atoms with Gasteiger partial charge in [0.15, 0.2) is 5.69 Å². The number of carboxylic acid groups (broad SMARTS) is 1. The zero-order valence-corrected chi connectivity index (χ0v) is 12.1. The molecule has 1 aliphatic heterocycles. The maximum Gasteiger partial charge on any atom is 0.358 e. The zero-order chi connectivity index (χ0) is 14.3. The Hall–Kier alpha value is -1.43. The molecule has 6 nitrogen and oxygen atoms in total. The fraction of sp³-hybridized carbons (Fsp3) is 0.786. The molecule has 2 fully saturated rings. The van der Waals surface area contributed by atoms with Crippen molar-refractivity contribution in [3.63, 3.8) is 0 Å². The molecule has 0 aromatic carbocycles. The van der Waals surface area contributed by atoms with Crippen LogP contribution in [0.1, 0.15) is 56.1 Å². The summed E-state index contributed by atoms with van der Waals surface area (Å²) in [5.41, 5.74) is 0.533. The van der Waals surface area contributed by atoms with Crippen LogP contribution in [0.25, 0.3) is 0 Å². The summed E-state index contributed by atoms with van der Waals surface area (Å²) in [5, 5.41) is 16.4. The number of nitrogens with zero attached hydrogens (tertiary/aromatic N) is 4. The van der Waals surface area contributed by atoms with Gasteiger partial charge in [0.2, 0.25) is 0 Å². The number of likely N-dealkylation sites (tertiary alicyclic amines) is 1. The number of carboxylic acids is 1. The van der Waals surface area contributed by atoms with Gasteiger partial charge < -0.3 is 5.11 Å². The lowest BCUT2D eigenvalue weighted by Crippen LogP contribution is -2.54. The van der Waals surface area contributed by atoms with Crippen molar-refractivity contribution in [1.29, 1.82) is 0 Å². The van der Waals surface area contributed by atoms with E-state index in [2.05, 4.69) is 29.1 Å². The minimum absolute atomic E-state index is 0.0304. The van der Waals surface area contributed by atoms with Gasteiger partial charge in [-0.15, -0.1) is 5.10 Å². The minimum atomic E-state index is -1.01. The van der Waals surface area contributed by atoms with Gasteiger partial charge in [-0.1, -0.05) is 19.1 Å². The molecule has 0 amide bonds. The Morgan fingerprint density at radius 3 is 2.50 bits per heavy atom. The minimum Gasteiger partial charge on any atom is -0.476 e. The van der Waals surface area contributed by atoms with Crippen molar-refractivity contribution in [2.75, 3.05) is 13.1 Å². The highest BCUT2D eigenvalue weighted by Crippen LogP contribution is 2.39. The Morgan fingerprint density at radius 2 is 1.95 bits per heavy atom. The normalized spacial score (nSPS) is 24.5. The summed E-state index contributed by atoms with van der Waals surface area (Å²) in [4.78, 5) is 13.3. The van der Waals surface area contributed by atoms with E-state index < -0.39 is 5.97 Å². The largest absolute Gasteiger partial charge is 0.476 e. The standard InChI is InChI=1S/C14H22N4O2/c1-14(2)5-3-10(4-6-14)17-7-11(8-17)18-9-12(13(19)20)15-16-18/h9-11H,3-8H2,1-2H3,(H,19,20). The van der Waals surface area contributed by atoms with Gasteiger partial charge in [-0.25, -0.2) is 9.48 Å². The highest BCUT2D eigenvalue weighted by atomic mass is 16.4. The second-order valence-electron chi connectivity index (χ2n) is 6.89.